The highest BCUT2D eigenvalue weighted by Gasteiger charge is 2.54. The van der Waals surface area contributed by atoms with Crippen LogP contribution in [0.2, 0.25) is 0 Å². The first-order chi connectivity index (χ1) is 44.9. The summed E-state index contributed by atoms with van der Waals surface area (Å²) in [5.41, 5.74) is 12.9. The van der Waals surface area contributed by atoms with Crippen LogP contribution in [0.5, 0.6) is 5.75 Å². The molecular weight excluding hydrogens is 1150 g/mol. The van der Waals surface area contributed by atoms with Gasteiger partial charge in [-0.1, -0.05) is 196 Å². The standard InChI is InChI=1S/C77H70N6O9/c1-48(2)68(80-74(84)88-45-61-56-29-17-15-27-54(56)55-28-16-18-30-57(55)61)73-79-69-71(92-73)77(63-38-52(35-36-65(63)87-42-50-23-11-7-12-24-50)37-53-44-90-76(3,4)83(53)75(85)89-43-51-25-13-8-14-26-51)46-81(40-49-21-9-6-10-22-49)70-59(32-19-33-62(70)77)58-31-20-34-64-67(58)60(41-82(64)47-86-5)66-39-78-72(69)91-66/h6-36,38-39,41,48,53,61,68H,37,40,42-47H2,1-5H3,(H,80,84)/t53-,68-,77+/m0/s1. The first kappa shape index (κ1) is 58.2. The number of para-hydroxylation sites is 1. The van der Waals surface area contributed by atoms with Gasteiger partial charge >= 0.3 is 12.2 Å². The molecule has 1 saturated heterocycles. The number of hydrogen-bond acceptors (Lipinski definition) is 12. The van der Waals surface area contributed by atoms with Crippen LogP contribution in [0.25, 0.3) is 56.1 Å². The smallest absolute Gasteiger partial charge is 0.412 e. The Morgan fingerprint density at radius 3 is 2.07 bits per heavy atom. The lowest BCUT2D eigenvalue weighted by Crippen LogP contribution is -2.48. The number of rotatable bonds is 17. The molecule has 2 amide bonds. The summed E-state index contributed by atoms with van der Waals surface area (Å²) in [5.74, 6) is 1.59. The van der Waals surface area contributed by atoms with Crippen molar-refractivity contribution in [2.45, 2.75) is 89.7 Å². The lowest BCUT2D eigenvalue weighted by molar-refractivity contribution is -0.0491. The Labute approximate surface area is 534 Å². The van der Waals surface area contributed by atoms with Crippen LogP contribution in [0.4, 0.5) is 15.3 Å². The Balaban J connectivity index is 0.930. The van der Waals surface area contributed by atoms with E-state index in [9.17, 15) is 9.59 Å². The fraction of sp³-hybridized carbons (Fsp3) is 0.247. The number of aromatic nitrogens is 3. The van der Waals surface area contributed by atoms with Gasteiger partial charge in [0.15, 0.2) is 17.2 Å². The maximum Gasteiger partial charge on any atom is 0.412 e. The number of benzene rings is 8. The minimum atomic E-state index is -1.29. The molecule has 1 N–H and O–H groups in total. The molecular formula is C77H70N6O9. The maximum atomic E-state index is 14.6. The quantitative estimate of drug-likeness (QED) is 0.0922. The molecule has 15 heteroatoms. The Morgan fingerprint density at radius 1 is 0.685 bits per heavy atom. The van der Waals surface area contributed by atoms with E-state index >= 15 is 0 Å². The normalized spacial score (nSPS) is 17.0. The molecule has 1 aliphatic carbocycles. The fourth-order valence-electron chi connectivity index (χ4n) is 14.4. The lowest BCUT2D eigenvalue weighted by atomic mass is 9.71. The molecule has 1 fully saturated rings. The monoisotopic (exact) mass is 1220 g/mol. The number of nitrogens with zero attached hydrogens (tertiary/aromatic N) is 5. The predicted molar refractivity (Wildman–Crippen MR) is 352 cm³/mol. The molecule has 8 aromatic carbocycles. The summed E-state index contributed by atoms with van der Waals surface area (Å²) in [4.78, 5) is 43.9. The molecule has 462 valence electrons. The minimum Gasteiger partial charge on any atom is -0.489 e. The molecule has 3 aromatic heterocycles. The van der Waals surface area contributed by atoms with Gasteiger partial charge in [-0.15, -0.1) is 0 Å². The van der Waals surface area contributed by atoms with Crippen molar-refractivity contribution in [3.63, 3.8) is 0 Å². The third-order valence-corrected chi connectivity index (χ3v) is 18.7. The number of anilines is 1. The van der Waals surface area contributed by atoms with Gasteiger partial charge in [-0.05, 0) is 94.0 Å². The minimum absolute atomic E-state index is 0.112. The summed E-state index contributed by atoms with van der Waals surface area (Å²) in [7, 11) is 1.69. The molecule has 0 saturated carbocycles. The second-order valence-corrected chi connectivity index (χ2v) is 25.2. The van der Waals surface area contributed by atoms with Crippen molar-refractivity contribution < 1.29 is 42.1 Å². The van der Waals surface area contributed by atoms with Crippen LogP contribution in [0.1, 0.15) is 95.8 Å². The largest absolute Gasteiger partial charge is 0.489 e. The number of oxazole rings is 2. The Bertz CT molecular complexity index is 4510. The van der Waals surface area contributed by atoms with Crippen LogP contribution in [0, 0.1) is 5.92 Å². The van der Waals surface area contributed by atoms with Crippen molar-refractivity contribution in [2.75, 3.05) is 31.8 Å². The molecule has 6 heterocycles. The molecule has 6 bridgehead atoms. The van der Waals surface area contributed by atoms with E-state index in [4.69, 9.17) is 42.5 Å². The zero-order chi connectivity index (χ0) is 62.7. The van der Waals surface area contributed by atoms with E-state index in [0.29, 0.717) is 49.2 Å². The molecule has 15 rings (SSSR count). The summed E-state index contributed by atoms with van der Waals surface area (Å²) in [5, 5.41) is 4.21. The number of carbonyl (C=O) groups excluding carboxylic acids is 2. The van der Waals surface area contributed by atoms with E-state index in [1.807, 2.05) is 113 Å². The van der Waals surface area contributed by atoms with Gasteiger partial charge in [0.25, 0.3) is 0 Å². The average Bonchev–Trinajstić information content (AvgIpc) is 1.53. The third-order valence-electron chi connectivity index (χ3n) is 18.7. The molecule has 92 heavy (non-hydrogen) atoms. The zero-order valence-electron chi connectivity index (χ0n) is 52.0. The highest BCUT2D eigenvalue weighted by Crippen LogP contribution is 2.59. The van der Waals surface area contributed by atoms with Crippen LogP contribution in [0.15, 0.2) is 215 Å². The van der Waals surface area contributed by atoms with Gasteiger partial charge in [0.2, 0.25) is 11.8 Å². The summed E-state index contributed by atoms with van der Waals surface area (Å²) < 4.78 is 48.8. The first-order valence-electron chi connectivity index (χ1n) is 31.5. The maximum absolute atomic E-state index is 14.6. The van der Waals surface area contributed by atoms with Gasteiger partial charge in [0.1, 0.15) is 49.5 Å². The molecule has 11 aromatic rings. The fourth-order valence-corrected chi connectivity index (χ4v) is 14.4. The topological polar surface area (TPSA) is 156 Å². The van der Waals surface area contributed by atoms with E-state index in [0.717, 1.165) is 88.9 Å². The lowest BCUT2D eigenvalue weighted by Gasteiger charge is -2.34. The summed E-state index contributed by atoms with van der Waals surface area (Å²) in [6.07, 6.45) is 3.13. The van der Waals surface area contributed by atoms with E-state index in [2.05, 4.69) is 130 Å². The second kappa shape index (κ2) is 23.9. The highest BCUT2D eigenvalue weighted by molar-refractivity contribution is 6.08. The van der Waals surface area contributed by atoms with Gasteiger partial charge in [-0.3, -0.25) is 4.90 Å². The Kier molecular flexibility index (Phi) is 15.1. The van der Waals surface area contributed by atoms with Gasteiger partial charge < -0.3 is 47.3 Å². The van der Waals surface area contributed by atoms with Crippen LogP contribution in [0.3, 0.4) is 0 Å². The van der Waals surface area contributed by atoms with E-state index in [1.54, 1.807) is 18.2 Å². The molecule has 0 radical (unpaired) electrons. The first-order valence-corrected chi connectivity index (χ1v) is 31.5. The van der Waals surface area contributed by atoms with E-state index < -0.39 is 35.4 Å². The van der Waals surface area contributed by atoms with Crippen LogP contribution >= 0.6 is 0 Å². The van der Waals surface area contributed by atoms with Crippen molar-refractivity contribution in [1.29, 1.82) is 0 Å². The van der Waals surface area contributed by atoms with Crippen molar-refractivity contribution in [2.24, 2.45) is 5.92 Å². The number of methoxy groups -OCH3 is 1. The third kappa shape index (κ3) is 10.3. The van der Waals surface area contributed by atoms with Gasteiger partial charge in [0.05, 0.1) is 24.4 Å². The van der Waals surface area contributed by atoms with Gasteiger partial charge in [-0.2, -0.15) is 0 Å². The number of alkyl carbamates (subject to hydrolysis) is 1. The molecule has 4 aliphatic rings. The number of nitrogens with one attached hydrogen (secondary N) is 1. The van der Waals surface area contributed by atoms with Gasteiger partial charge in [-0.25, -0.2) is 19.6 Å². The van der Waals surface area contributed by atoms with Crippen molar-refractivity contribution in [1.82, 2.24) is 24.8 Å². The highest BCUT2D eigenvalue weighted by atomic mass is 16.6. The number of hydrogen-bond donors (Lipinski definition) is 1. The molecule has 3 atom stereocenters. The number of ether oxygens (including phenoxy) is 5. The molecule has 3 aliphatic heterocycles. The van der Waals surface area contributed by atoms with E-state index in [-0.39, 0.29) is 50.0 Å². The average molecular weight is 1220 g/mol. The van der Waals surface area contributed by atoms with Crippen molar-refractivity contribution in [3.05, 3.63) is 263 Å². The summed E-state index contributed by atoms with van der Waals surface area (Å²) in [6.45, 7) is 9.72. The summed E-state index contributed by atoms with van der Waals surface area (Å²) in [6, 6.07) is 64.9. The van der Waals surface area contributed by atoms with Crippen LogP contribution in [-0.4, -0.2) is 70.3 Å². The number of fused-ring (bicyclic) bond motifs is 10. The number of amides is 2. The van der Waals surface area contributed by atoms with Crippen molar-refractivity contribution >= 4 is 28.8 Å². The van der Waals surface area contributed by atoms with E-state index in [1.165, 1.54) is 0 Å². The molecule has 0 spiro atoms. The predicted octanol–water partition coefficient (Wildman–Crippen LogP) is 16.0. The van der Waals surface area contributed by atoms with Gasteiger partial charge in [0, 0.05) is 60.1 Å². The van der Waals surface area contributed by atoms with Crippen LogP contribution < -0.4 is 15.0 Å². The SMILES string of the molecule is COCn1cc2c3c(cccc31)-c1cccc3c1N(Cc1ccccc1)C[C@@]3(c1cc(C[C@H]3COC(C)(C)N3C(=O)OCc3ccccc3)ccc1OCc1ccccc1)c1oc([C@@H](NC(=O)OCC3c4ccccc4-c4ccccc43)C(C)C)nc1-c1ncc-2o1. The zero-order valence-corrected chi connectivity index (χ0v) is 52.0. The Hall–Kier alpha value is -10.2. The number of carbonyl (C=O) groups is 2. The molecule has 0 unspecified atom stereocenters. The second-order valence-electron chi connectivity index (χ2n) is 25.2. The molecule has 15 nitrogen and oxygen atoms in total. The van der Waals surface area contributed by atoms with Crippen molar-refractivity contribution in [3.8, 4) is 50.9 Å². The Morgan fingerprint density at radius 2 is 1.35 bits per heavy atom. The summed E-state index contributed by atoms with van der Waals surface area (Å²) >= 11 is 0. The van der Waals surface area contributed by atoms with Crippen LogP contribution in [-0.2, 0) is 57.3 Å².